The number of anilines is 2. The normalized spacial score (nSPS) is 21.5. The summed E-state index contributed by atoms with van der Waals surface area (Å²) in [6.45, 7) is 5.07. The SMILES string of the molecule is CC1(C)Cc2c(ccc(O[C@H]3CC[C@H](N)CC3)c2N(CCO)CCO)-c2ncnc(N)c21. The molecule has 0 spiro atoms. The van der Waals surface area contributed by atoms with Gasteiger partial charge in [0.25, 0.3) is 0 Å². The summed E-state index contributed by atoms with van der Waals surface area (Å²) in [7, 11) is 0. The lowest BCUT2D eigenvalue weighted by molar-refractivity contribution is 0.147. The number of aliphatic hydroxyl groups excluding tert-OH is 2. The number of nitrogen functional groups attached to an aromatic ring is 1. The molecular formula is C24H35N5O3. The van der Waals surface area contributed by atoms with Gasteiger partial charge in [-0.1, -0.05) is 13.8 Å². The Hall–Kier alpha value is -2.42. The Morgan fingerprint density at radius 1 is 1.09 bits per heavy atom. The van der Waals surface area contributed by atoms with Gasteiger partial charge in [-0.05, 0) is 55.2 Å². The highest BCUT2D eigenvalue weighted by Crippen LogP contribution is 2.49. The van der Waals surface area contributed by atoms with Gasteiger partial charge in [0, 0.05) is 30.3 Å². The van der Waals surface area contributed by atoms with Gasteiger partial charge in [-0.15, -0.1) is 0 Å². The van der Waals surface area contributed by atoms with E-state index in [1.54, 1.807) is 0 Å². The van der Waals surface area contributed by atoms with E-state index in [-0.39, 0.29) is 30.8 Å². The number of aliphatic hydroxyl groups is 2. The fourth-order valence-corrected chi connectivity index (χ4v) is 5.22. The Balaban J connectivity index is 1.85. The predicted molar refractivity (Wildman–Crippen MR) is 126 cm³/mol. The molecule has 4 rings (SSSR count). The summed E-state index contributed by atoms with van der Waals surface area (Å²) in [6, 6.07) is 4.30. The van der Waals surface area contributed by atoms with Crippen LogP contribution in [0.3, 0.4) is 0 Å². The van der Waals surface area contributed by atoms with E-state index < -0.39 is 0 Å². The zero-order chi connectivity index (χ0) is 22.9. The van der Waals surface area contributed by atoms with Crippen molar-refractivity contribution in [3.8, 4) is 17.0 Å². The third kappa shape index (κ3) is 4.27. The minimum absolute atomic E-state index is 0.0174. The maximum absolute atomic E-state index is 9.75. The summed E-state index contributed by atoms with van der Waals surface area (Å²) < 4.78 is 6.54. The Labute approximate surface area is 189 Å². The smallest absolute Gasteiger partial charge is 0.143 e. The highest BCUT2D eigenvalue weighted by Gasteiger charge is 2.37. The van der Waals surface area contributed by atoms with E-state index in [2.05, 4.69) is 29.9 Å². The molecule has 0 aliphatic heterocycles. The molecular weight excluding hydrogens is 406 g/mol. The fraction of sp³-hybridized carbons (Fsp3) is 0.583. The molecule has 174 valence electrons. The minimum atomic E-state index is -0.275. The van der Waals surface area contributed by atoms with Gasteiger partial charge in [-0.2, -0.15) is 0 Å². The molecule has 1 saturated carbocycles. The third-order valence-electron chi connectivity index (χ3n) is 6.74. The van der Waals surface area contributed by atoms with E-state index in [0.29, 0.717) is 18.9 Å². The Morgan fingerprint density at radius 2 is 1.78 bits per heavy atom. The summed E-state index contributed by atoms with van der Waals surface area (Å²) in [5.74, 6) is 1.29. The number of nitrogens with two attached hydrogens (primary N) is 2. The Bertz CT molecular complexity index is 951. The van der Waals surface area contributed by atoms with Crippen molar-refractivity contribution in [1.82, 2.24) is 9.97 Å². The van der Waals surface area contributed by atoms with Crippen molar-refractivity contribution in [2.24, 2.45) is 5.73 Å². The zero-order valence-electron chi connectivity index (χ0n) is 19.0. The number of hydrogen-bond donors (Lipinski definition) is 4. The van der Waals surface area contributed by atoms with Crippen molar-refractivity contribution >= 4 is 11.5 Å². The Morgan fingerprint density at radius 3 is 2.44 bits per heavy atom. The molecule has 0 saturated heterocycles. The highest BCUT2D eigenvalue weighted by atomic mass is 16.5. The van der Waals surface area contributed by atoms with Gasteiger partial charge in [-0.3, -0.25) is 0 Å². The highest BCUT2D eigenvalue weighted by molar-refractivity contribution is 5.83. The van der Waals surface area contributed by atoms with Crippen LogP contribution in [0.2, 0.25) is 0 Å². The molecule has 0 radical (unpaired) electrons. The van der Waals surface area contributed by atoms with Crippen molar-refractivity contribution < 1.29 is 14.9 Å². The van der Waals surface area contributed by atoms with Crippen LogP contribution in [0.25, 0.3) is 11.3 Å². The molecule has 8 nitrogen and oxygen atoms in total. The van der Waals surface area contributed by atoms with Crippen LogP contribution in [0.5, 0.6) is 5.75 Å². The quantitative estimate of drug-likeness (QED) is 0.513. The molecule has 0 bridgehead atoms. The van der Waals surface area contributed by atoms with Crippen molar-refractivity contribution in [3.63, 3.8) is 0 Å². The fourth-order valence-electron chi connectivity index (χ4n) is 5.22. The molecule has 2 aromatic rings. The van der Waals surface area contributed by atoms with Gasteiger partial charge in [-0.25, -0.2) is 9.97 Å². The van der Waals surface area contributed by atoms with Crippen LogP contribution in [0.15, 0.2) is 18.5 Å². The lowest BCUT2D eigenvalue weighted by Crippen LogP contribution is -2.35. The average molecular weight is 442 g/mol. The minimum Gasteiger partial charge on any atom is -0.488 e. The Kier molecular flexibility index (Phi) is 6.55. The molecule has 32 heavy (non-hydrogen) atoms. The van der Waals surface area contributed by atoms with E-state index in [1.807, 2.05) is 11.0 Å². The molecule has 1 aromatic carbocycles. The molecule has 2 aliphatic carbocycles. The standard InChI is InChI=1S/C24H35N5O3/c1-24(2)13-18-17(21-20(24)23(26)28-14-27-21)7-8-19(22(18)29(9-11-30)10-12-31)32-16-5-3-15(25)4-6-16/h7-8,14-16,30-31H,3-6,9-13,25H2,1-2H3,(H2,26,27,28)/t15-,16-. The van der Waals surface area contributed by atoms with Gasteiger partial charge in [0.05, 0.1) is 30.7 Å². The van der Waals surface area contributed by atoms with Crippen LogP contribution in [0, 0.1) is 0 Å². The molecule has 1 fully saturated rings. The van der Waals surface area contributed by atoms with E-state index in [9.17, 15) is 10.2 Å². The maximum atomic E-state index is 9.75. The lowest BCUT2D eigenvalue weighted by atomic mass is 9.71. The summed E-state index contributed by atoms with van der Waals surface area (Å²) >= 11 is 0. The molecule has 8 heteroatoms. The molecule has 0 atom stereocenters. The lowest BCUT2D eigenvalue weighted by Gasteiger charge is -2.38. The maximum Gasteiger partial charge on any atom is 0.143 e. The van der Waals surface area contributed by atoms with Gasteiger partial charge in [0.2, 0.25) is 0 Å². The summed E-state index contributed by atoms with van der Waals surface area (Å²) in [4.78, 5) is 10.9. The molecule has 1 aromatic heterocycles. The van der Waals surface area contributed by atoms with Crippen LogP contribution < -0.4 is 21.1 Å². The van der Waals surface area contributed by atoms with Gasteiger partial charge in [0.15, 0.2) is 0 Å². The summed E-state index contributed by atoms with van der Waals surface area (Å²) in [5.41, 5.74) is 16.9. The predicted octanol–water partition coefficient (Wildman–Crippen LogP) is 2.00. The topological polar surface area (TPSA) is 131 Å². The van der Waals surface area contributed by atoms with Crippen LogP contribution in [0.1, 0.15) is 50.7 Å². The third-order valence-corrected chi connectivity index (χ3v) is 6.74. The number of ether oxygens (including phenoxy) is 1. The van der Waals surface area contributed by atoms with Crippen LogP contribution in [0.4, 0.5) is 11.5 Å². The largest absolute Gasteiger partial charge is 0.488 e. The molecule has 2 aliphatic rings. The zero-order valence-corrected chi connectivity index (χ0v) is 19.0. The molecule has 1 heterocycles. The monoisotopic (exact) mass is 441 g/mol. The number of aromatic nitrogens is 2. The van der Waals surface area contributed by atoms with E-state index in [1.165, 1.54) is 6.33 Å². The van der Waals surface area contributed by atoms with Crippen LogP contribution >= 0.6 is 0 Å². The first-order valence-corrected chi connectivity index (χ1v) is 11.5. The van der Waals surface area contributed by atoms with Crippen molar-refractivity contribution in [2.45, 2.75) is 63.5 Å². The van der Waals surface area contributed by atoms with Gasteiger partial charge >= 0.3 is 0 Å². The second-order valence-corrected chi connectivity index (χ2v) is 9.57. The number of rotatable bonds is 7. The summed E-state index contributed by atoms with van der Waals surface area (Å²) in [5, 5.41) is 19.5. The first kappa shape index (κ1) is 22.8. The number of nitrogens with zero attached hydrogens (tertiary/aromatic N) is 3. The van der Waals surface area contributed by atoms with Crippen molar-refractivity contribution in [3.05, 3.63) is 29.6 Å². The van der Waals surface area contributed by atoms with E-state index in [0.717, 1.165) is 65.9 Å². The first-order valence-electron chi connectivity index (χ1n) is 11.5. The molecule has 6 N–H and O–H groups in total. The van der Waals surface area contributed by atoms with Crippen molar-refractivity contribution in [2.75, 3.05) is 36.9 Å². The number of hydrogen-bond acceptors (Lipinski definition) is 8. The van der Waals surface area contributed by atoms with E-state index >= 15 is 0 Å². The first-order chi connectivity index (χ1) is 15.4. The molecule has 0 unspecified atom stereocenters. The van der Waals surface area contributed by atoms with Crippen molar-refractivity contribution in [1.29, 1.82) is 0 Å². The van der Waals surface area contributed by atoms with E-state index in [4.69, 9.17) is 16.2 Å². The van der Waals surface area contributed by atoms with Crippen LogP contribution in [-0.2, 0) is 11.8 Å². The van der Waals surface area contributed by atoms with Gasteiger partial charge in [0.1, 0.15) is 17.9 Å². The molecule has 0 amide bonds. The summed E-state index contributed by atoms with van der Waals surface area (Å²) in [6.07, 6.45) is 6.11. The average Bonchev–Trinajstić information content (AvgIpc) is 2.74. The number of fused-ring (bicyclic) bond motifs is 3. The van der Waals surface area contributed by atoms with Gasteiger partial charge < -0.3 is 31.3 Å². The number of benzene rings is 1. The van der Waals surface area contributed by atoms with Crippen LogP contribution in [-0.4, -0.2) is 58.6 Å². The second-order valence-electron chi connectivity index (χ2n) is 9.57. The second kappa shape index (κ2) is 9.21.